The van der Waals surface area contributed by atoms with Gasteiger partial charge in [-0.1, -0.05) is 6.92 Å². The molecule has 0 fully saturated rings. The number of nitrogens with zero attached hydrogens (tertiary/aromatic N) is 1. The highest BCUT2D eigenvalue weighted by molar-refractivity contribution is 7.16. The number of amides is 2. The van der Waals surface area contributed by atoms with E-state index in [0.717, 1.165) is 34.6 Å². The molecule has 1 atom stereocenters. The Hall–Kier alpha value is -2.70. The van der Waals surface area contributed by atoms with Crippen LogP contribution in [0.4, 0.5) is 5.00 Å². The number of aryl methyl sites for hydroxylation is 1. The maximum atomic E-state index is 12.1. The maximum Gasteiger partial charge on any atom is 0.325 e. The molecule has 2 heterocycles. The third-order valence-electron chi connectivity index (χ3n) is 4.60. The first-order valence-corrected chi connectivity index (χ1v) is 10.9. The quantitative estimate of drug-likeness (QED) is 0.684. The zero-order chi connectivity index (χ0) is 21.0. The van der Waals surface area contributed by atoms with E-state index >= 15 is 0 Å². The number of thiophene rings is 2. The van der Waals surface area contributed by atoms with Crippen molar-refractivity contribution >= 4 is 45.5 Å². The Bertz CT molecular complexity index is 987. The molecule has 2 amide bonds. The molecule has 1 aliphatic carbocycles. The van der Waals surface area contributed by atoms with Crippen molar-refractivity contribution in [1.82, 2.24) is 5.32 Å². The Morgan fingerprint density at radius 1 is 1.31 bits per heavy atom. The van der Waals surface area contributed by atoms with Crippen LogP contribution in [0.15, 0.2) is 12.1 Å². The summed E-state index contributed by atoms with van der Waals surface area (Å²) < 4.78 is 4.92. The van der Waals surface area contributed by atoms with Gasteiger partial charge in [-0.25, -0.2) is 0 Å². The summed E-state index contributed by atoms with van der Waals surface area (Å²) in [5.74, 6) is -1.02. The van der Waals surface area contributed by atoms with Crippen LogP contribution in [0, 0.1) is 24.2 Å². The fourth-order valence-corrected chi connectivity index (χ4v) is 5.27. The van der Waals surface area contributed by atoms with Crippen molar-refractivity contribution in [1.29, 1.82) is 5.26 Å². The number of carbonyl (C=O) groups is 3. The van der Waals surface area contributed by atoms with Crippen molar-refractivity contribution < 1.29 is 19.1 Å². The van der Waals surface area contributed by atoms with E-state index < -0.39 is 18.5 Å². The first kappa shape index (κ1) is 21.0. The Balaban J connectivity index is 1.48. The predicted octanol–water partition coefficient (Wildman–Crippen LogP) is 3.03. The van der Waals surface area contributed by atoms with Crippen molar-refractivity contribution in [2.45, 2.75) is 33.1 Å². The molecule has 7 nitrogen and oxygen atoms in total. The molecule has 2 aromatic rings. The second-order valence-corrected chi connectivity index (χ2v) is 9.36. The van der Waals surface area contributed by atoms with E-state index in [-0.39, 0.29) is 12.5 Å². The van der Waals surface area contributed by atoms with Gasteiger partial charge in [-0.3, -0.25) is 14.4 Å². The topological polar surface area (TPSA) is 108 Å². The number of nitrogens with one attached hydrogen (secondary N) is 2. The molecule has 0 radical (unpaired) electrons. The van der Waals surface area contributed by atoms with Crippen LogP contribution in [0.2, 0.25) is 0 Å². The predicted molar refractivity (Wildman–Crippen MR) is 111 cm³/mol. The number of nitriles is 1. The summed E-state index contributed by atoms with van der Waals surface area (Å²) in [6, 6.07) is 5.68. The molecule has 1 aliphatic rings. The Labute approximate surface area is 176 Å². The van der Waals surface area contributed by atoms with Crippen molar-refractivity contribution in [2.75, 3.05) is 18.5 Å². The smallest absolute Gasteiger partial charge is 0.325 e. The van der Waals surface area contributed by atoms with Gasteiger partial charge < -0.3 is 15.4 Å². The van der Waals surface area contributed by atoms with E-state index in [1.165, 1.54) is 22.7 Å². The van der Waals surface area contributed by atoms with Gasteiger partial charge in [0.05, 0.1) is 10.4 Å². The van der Waals surface area contributed by atoms with Crippen LogP contribution in [0.25, 0.3) is 0 Å². The molecule has 3 rings (SSSR count). The zero-order valence-corrected chi connectivity index (χ0v) is 17.8. The van der Waals surface area contributed by atoms with E-state index in [0.29, 0.717) is 21.4 Å². The monoisotopic (exact) mass is 431 g/mol. The Morgan fingerprint density at radius 2 is 2.10 bits per heavy atom. The molecule has 0 saturated heterocycles. The fraction of sp³-hybridized carbons (Fsp3) is 0.400. The zero-order valence-electron chi connectivity index (χ0n) is 16.2. The summed E-state index contributed by atoms with van der Waals surface area (Å²) in [4.78, 5) is 38.5. The van der Waals surface area contributed by atoms with Gasteiger partial charge in [0.1, 0.15) is 17.6 Å². The number of hydrogen-bond acceptors (Lipinski definition) is 7. The first-order chi connectivity index (χ1) is 13.9. The number of esters is 1. The van der Waals surface area contributed by atoms with Gasteiger partial charge in [0.15, 0.2) is 6.61 Å². The van der Waals surface area contributed by atoms with Gasteiger partial charge in [0.25, 0.3) is 11.8 Å². The lowest BCUT2D eigenvalue weighted by atomic mass is 9.89. The number of hydrogen-bond donors (Lipinski definition) is 2. The van der Waals surface area contributed by atoms with Crippen LogP contribution in [-0.2, 0) is 27.2 Å². The van der Waals surface area contributed by atoms with E-state index in [1.54, 1.807) is 6.07 Å². The molecular formula is C20H21N3O4S2. The molecule has 9 heteroatoms. The number of anilines is 1. The minimum absolute atomic E-state index is 0.322. The van der Waals surface area contributed by atoms with Crippen LogP contribution in [0.1, 0.15) is 43.9 Å². The van der Waals surface area contributed by atoms with Gasteiger partial charge in [0.2, 0.25) is 0 Å². The highest BCUT2D eigenvalue weighted by atomic mass is 32.1. The van der Waals surface area contributed by atoms with Crippen molar-refractivity contribution in [3.63, 3.8) is 0 Å². The molecule has 2 N–H and O–H groups in total. The maximum absolute atomic E-state index is 12.1. The summed E-state index contributed by atoms with van der Waals surface area (Å²) >= 11 is 2.74. The molecule has 152 valence electrons. The average Bonchev–Trinajstić information content (AvgIpc) is 3.26. The molecule has 0 aliphatic heterocycles. The summed E-state index contributed by atoms with van der Waals surface area (Å²) in [7, 11) is 0. The molecule has 0 saturated carbocycles. The third-order valence-corrected chi connectivity index (χ3v) is 6.77. The highest BCUT2D eigenvalue weighted by Gasteiger charge is 2.24. The molecule has 0 bridgehead atoms. The second-order valence-electron chi connectivity index (χ2n) is 6.97. The van der Waals surface area contributed by atoms with Gasteiger partial charge in [0, 0.05) is 9.75 Å². The van der Waals surface area contributed by atoms with Gasteiger partial charge in [-0.05, 0) is 49.8 Å². The second kappa shape index (κ2) is 9.20. The fourth-order valence-electron chi connectivity index (χ4n) is 3.11. The van der Waals surface area contributed by atoms with Gasteiger partial charge in [-0.2, -0.15) is 5.26 Å². The van der Waals surface area contributed by atoms with Crippen LogP contribution in [-0.4, -0.2) is 30.9 Å². The summed E-state index contributed by atoms with van der Waals surface area (Å²) in [5.41, 5.74) is 1.53. The van der Waals surface area contributed by atoms with Crippen molar-refractivity contribution in [2.24, 2.45) is 5.92 Å². The van der Waals surface area contributed by atoms with Crippen molar-refractivity contribution in [3.8, 4) is 6.07 Å². The Kier molecular flexibility index (Phi) is 6.67. The van der Waals surface area contributed by atoms with Gasteiger partial charge >= 0.3 is 5.97 Å². The summed E-state index contributed by atoms with van der Waals surface area (Å²) in [5, 5.41) is 15.1. The molecule has 29 heavy (non-hydrogen) atoms. The lowest BCUT2D eigenvalue weighted by molar-refractivity contribution is -0.146. The molecule has 2 aromatic heterocycles. The van der Waals surface area contributed by atoms with Crippen LogP contribution < -0.4 is 10.6 Å². The Morgan fingerprint density at radius 3 is 2.79 bits per heavy atom. The minimum atomic E-state index is -0.707. The molecule has 1 unspecified atom stereocenters. The highest BCUT2D eigenvalue weighted by Crippen LogP contribution is 2.39. The summed E-state index contributed by atoms with van der Waals surface area (Å²) in [6.07, 6.45) is 2.77. The third kappa shape index (κ3) is 5.22. The molecule has 0 spiro atoms. The lowest BCUT2D eigenvalue weighted by Gasteiger charge is -2.17. The lowest BCUT2D eigenvalue weighted by Crippen LogP contribution is -2.31. The van der Waals surface area contributed by atoms with Crippen LogP contribution in [0.3, 0.4) is 0 Å². The normalized spacial score (nSPS) is 15.1. The van der Waals surface area contributed by atoms with Crippen LogP contribution in [0.5, 0.6) is 0 Å². The van der Waals surface area contributed by atoms with E-state index in [2.05, 4.69) is 23.6 Å². The summed E-state index contributed by atoms with van der Waals surface area (Å²) in [6.45, 7) is 3.26. The average molecular weight is 432 g/mol. The number of rotatable bonds is 6. The van der Waals surface area contributed by atoms with E-state index in [1.807, 2.05) is 13.0 Å². The van der Waals surface area contributed by atoms with E-state index in [4.69, 9.17) is 4.74 Å². The largest absolute Gasteiger partial charge is 0.454 e. The minimum Gasteiger partial charge on any atom is -0.454 e. The number of carbonyl (C=O) groups excluding carboxylic acids is 3. The standard InChI is InChI=1S/C20H21N3O4S2/c1-11-3-5-13-14(8-21)20(29-16(13)7-11)23-17(24)10-27-18(25)9-22-19(26)15-6-4-12(2)28-15/h4,6,11H,3,5,7,9-10H2,1-2H3,(H,22,26)(H,23,24). The molecular weight excluding hydrogens is 410 g/mol. The SMILES string of the molecule is Cc1ccc(C(=O)NCC(=O)OCC(=O)Nc2sc3c(c2C#N)CCC(C)C3)s1. The van der Waals surface area contributed by atoms with Gasteiger partial charge in [-0.15, -0.1) is 22.7 Å². The van der Waals surface area contributed by atoms with Crippen molar-refractivity contribution in [3.05, 3.63) is 37.9 Å². The van der Waals surface area contributed by atoms with E-state index in [9.17, 15) is 19.6 Å². The number of fused-ring (bicyclic) bond motifs is 1. The number of ether oxygens (including phenoxy) is 1. The van der Waals surface area contributed by atoms with Crippen LogP contribution >= 0.6 is 22.7 Å². The first-order valence-electron chi connectivity index (χ1n) is 9.22. The molecule has 0 aromatic carbocycles.